The molecule has 1 unspecified atom stereocenters. The minimum Gasteiger partial charge on any atom is -0.372 e. The average Bonchev–Trinajstić information content (AvgIpc) is 2.46. The zero-order valence-electron chi connectivity index (χ0n) is 7.47. The maximum absolute atomic E-state index is 10.4. The number of nitro groups is 1. The lowest BCUT2D eigenvalue weighted by Crippen LogP contribution is -2.07. The van der Waals surface area contributed by atoms with Gasteiger partial charge < -0.3 is 5.11 Å². The first-order valence-electron chi connectivity index (χ1n) is 3.94. The van der Waals surface area contributed by atoms with Crippen LogP contribution in [0.2, 0.25) is 0 Å². The third kappa shape index (κ3) is 1.83. The second-order valence-corrected chi connectivity index (χ2v) is 2.73. The van der Waals surface area contributed by atoms with Crippen molar-refractivity contribution in [3.8, 4) is 0 Å². The molecule has 1 atom stereocenters. The fourth-order valence-electron chi connectivity index (χ4n) is 0.991. The van der Waals surface area contributed by atoms with Crippen molar-refractivity contribution < 1.29 is 10.0 Å². The Morgan fingerprint density at radius 3 is 2.85 bits per heavy atom. The van der Waals surface area contributed by atoms with E-state index in [1.54, 1.807) is 6.92 Å². The van der Waals surface area contributed by atoms with Gasteiger partial charge in [-0.05, 0) is 13.3 Å². The Kier molecular flexibility index (Phi) is 2.62. The first kappa shape index (κ1) is 9.66. The standard InChI is InChI=1S/C7H11N3O3/c1-3-7(11)9-4-6(10(12)13)5(2)8-9/h4,7,11H,3H2,1-2H3. The first-order valence-corrected chi connectivity index (χ1v) is 3.94. The third-order valence-corrected chi connectivity index (χ3v) is 1.76. The highest BCUT2D eigenvalue weighted by atomic mass is 16.6. The number of aliphatic hydroxyl groups is 1. The van der Waals surface area contributed by atoms with E-state index in [0.29, 0.717) is 12.1 Å². The molecule has 0 aromatic carbocycles. The Hall–Kier alpha value is -1.43. The summed E-state index contributed by atoms with van der Waals surface area (Å²) in [6.45, 7) is 3.31. The molecule has 0 aliphatic heterocycles. The molecule has 0 spiro atoms. The minimum absolute atomic E-state index is 0.0625. The lowest BCUT2D eigenvalue weighted by atomic mass is 10.4. The fraction of sp³-hybridized carbons (Fsp3) is 0.571. The SMILES string of the molecule is CCC(O)n1cc([N+](=O)[O-])c(C)n1. The summed E-state index contributed by atoms with van der Waals surface area (Å²) in [6, 6.07) is 0. The Morgan fingerprint density at radius 1 is 1.85 bits per heavy atom. The molecular formula is C7H11N3O3. The summed E-state index contributed by atoms with van der Waals surface area (Å²) < 4.78 is 1.20. The van der Waals surface area contributed by atoms with Gasteiger partial charge in [0, 0.05) is 0 Å². The van der Waals surface area contributed by atoms with Crippen LogP contribution in [0.15, 0.2) is 6.20 Å². The topological polar surface area (TPSA) is 81.2 Å². The lowest BCUT2D eigenvalue weighted by Gasteiger charge is -2.05. The van der Waals surface area contributed by atoms with Crippen LogP contribution in [0.1, 0.15) is 25.3 Å². The summed E-state index contributed by atoms with van der Waals surface area (Å²) in [6.07, 6.45) is 0.925. The molecule has 0 bridgehead atoms. The molecule has 0 saturated carbocycles. The van der Waals surface area contributed by atoms with Crippen molar-refractivity contribution in [2.45, 2.75) is 26.5 Å². The number of aryl methyl sites for hydroxylation is 1. The summed E-state index contributed by atoms with van der Waals surface area (Å²) in [7, 11) is 0. The van der Waals surface area contributed by atoms with Gasteiger partial charge in [-0.25, -0.2) is 4.68 Å². The normalized spacial score (nSPS) is 12.8. The lowest BCUT2D eigenvalue weighted by molar-refractivity contribution is -0.385. The van der Waals surface area contributed by atoms with E-state index in [2.05, 4.69) is 5.10 Å². The zero-order chi connectivity index (χ0) is 10.0. The van der Waals surface area contributed by atoms with E-state index in [-0.39, 0.29) is 5.69 Å². The highest BCUT2D eigenvalue weighted by molar-refractivity contribution is 5.31. The van der Waals surface area contributed by atoms with Gasteiger partial charge in [0.15, 0.2) is 0 Å². The van der Waals surface area contributed by atoms with E-state index < -0.39 is 11.2 Å². The Bertz CT molecular complexity index is 321. The van der Waals surface area contributed by atoms with Gasteiger partial charge in [-0.2, -0.15) is 5.10 Å². The highest BCUT2D eigenvalue weighted by Gasteiger charge is 2.17. The van der Waals surface area contributed by atoms with Gasteiger partial charge in [0.2, 0.25) is 0 Å². The van der Waals surface area contributed by atoms with E-state index >= 15 is 0 Å². The van der Waals surface area contributed by atoms with Crippen molar-refractivity contribution in [3.63, 3.8) is 0 Å². The van der Waals surface area contributed by atoms with Gasteiger partial charge in [-0.3, -0.25) is 10.1 Å². The molecule has 0 aliphatic rings. The van der Waals surface area contributed by atoms with Crippen LogP contribution in [0.4, 0.5) is 5.69 Å². The summed E-state index contributed by atoms with van der Waals surface area (Å²) in [5, 5.41) is 23.6. The second kappa shape index (κ2) is 3.53. The van der Waals surface area contributed by atoms with Crippen LogP contribution in [-0.2, 0) is 0 Å². The van der Waals surface area contributed by atoms with Crippen molar-refractivity contribution in [1.29, 1.82) is 0 Å². The van der Waals surface area contributed by atoms with Crippen LogP contribution < -0.4 is 0 Å². The predicted octanol–water partition coefficient (Wildman–Crippen LogP) is 1.00. The van der Waals surface area contributed by atoms with Crippen molar-refractivity contribution >= 4 is 5.69 Å². The molecule has 13 heavy (non-hydrogen) atoms. The van der Waals surface area contributed by atoms with Crippen LogP contribution in [-0.4, -0.2) is 19.8 Å². The zero-order valence-corrected chi connectivity index (χ0v) is 7.47. The van der Waals surface area contributed by atoms with E-state index in [0.717, 1.165) is 0 Å². The van der Waals surface area contributed by atoms with Crippen molar-refractivity contribution in [2.75, 3.05) is 0 Å². The number of hydrogen-bond donors (Lipinski definition) is 1. The number of rotatable bonds is 3. The van der Waals surface area contributed by atoms with Gasteiger partial charge in [-0.15, -0.1) is 0 Å². The molecule has 1 N–H and O–H groups in total. The minimum atomic E-state index is -0.785. The third-order valence-electron chi connectivity index (χ3n) is 1.76. The van der Waals surface area contributed by atoms with E-state index in [1.807, 2.05) is 0 Å². The molecule has 1 rings (SSSR count). The van der Waals surface area contributed by atoms with Crippen molar-refractivity contribution in [2.24, 2.45) is 0 Å². The number of aliphatic hydroxyl groups excluding tert-OH is 1. The van der Waals surface area contributed by atoms with Gasteiger partial charge in [0.05, 0.1) is 4.92 Å². The van der Waals surface area contributed by atoms with E-state index in [9.17, 15) is 15.2 Å². The molecule has 0 aliphatic carbocycles. The summed E-state index contributed by atoms with van der Waals surface area (Å²) in [5.74, 6) is 0. The molecule has 1 aromatic heterocycles. The molecule has 72 valence electrons. The van der Waals surface area contributed by atoms with Crippen LogP contribution in [0.5, 0.6) is 0 Å². The Morgan fingerprint density at radius 2 is 2.46 bits per heavy atom. The average molecular weight is 185 g/mol. The van der Waals surface area contributed by atoms with Crippen LogP contribution in [0.3, 0.4) is 0 Å². The van der Waals surface area contributed by atoms with Crippen LogP contribution >= 0.6 is 0 Å². The molecule has 6 heteroatoms. The second-order valence-electron chi connectivity index (χ2n) is 2.73. The van der Waals surface area contributed by atoms with E-state index in [4.69, 9.17) is 0 Å². The van der Waals surface area contributed by atoms with Gasteiger partial charge in [0.25, 0.3) is 0 Å². The molecule has 0 radical (unpaired) electrons. The maximum atomic E-state index is 10.4. The molecular weight excluding hydrogens is 174 g/mol. The van der Waals surface area contributed by atoms with Crippen LogP contribution in [0.25, 0.3) is 0 Å². The Labute approximate surface area is 74.9 Å². The monoisotopic (exact) mass is 185 g/mol. The molecule has 6 nitrogen and oxygen atoms in total. The summed E-state index contributed by atoms with van der Waals surface area (Å²) in [5.41, 5.74) is 0.255. The van der Waals surface area contributed by atoms with Crippen LogP contribution in [0, 0.1) is 17.0 Å². The van der Waals surface area contributed by atoms with Gasteiger partial charge >= 0.3 is 5.69 Å². The largest absolute Gasteiger partial charge is 0.372 e. The summed E-state index contributed by atoms with van der Waals surface area (Å²) >= 11 is 0. The maximum Gasteiger partial charge on any atom is 0.309 e. The molecule has 0 saturated heterocycles. The highest BCUT2D eigenvalue weighted by Crippen LogP contribution is 2.18. The molecule has 1 heterocycles. The first-order chi connectivity index (χ1) is 6.06. The number of aromatic nitrogens is 2. The fourth-order valence-corrected chi connectivity index (χ4v) is 0.991. The predicted molar refractivity (Wildman–Crippen MR) is 45.2 cm³/mol. The molecule has 0 amide bonds. The Balaban J connectivity index is 3.01. The van der Waals surface area contributed by atoms with Crippen molar-refractivity contribution in [1.82, 2.24) is 9.78 Å². The van der Waals surface area contributed by atoms with Gasteiger partial charge in [-0.1, -0.05) is 6.92 Å². The quantitative estimate of drug-likeness (QED) is 0.562. The molecule has 0 fully saturated rings. The smallest absolute Gasteiger partial charge is 0.309 e. The number of nitrogens with zero attached hydrogens (tertiary/aromatic N) is 3. The van der Waals surface area contributed by atoms with E-state index in [1.165, 1.54) is 17.8 Å². The molecule has 1 aromatic rings. The summed E-state index contributed by atoms with van der Waals surface area (Å²) in [4.78, 5) is 9.90. The number of hydrogen-bond acceptors (Lipinski definition) is 4. The van der Waals surface area contributed by atoms with Gasteiger partial charge in [0.1, 0.15) is 18.1 Å². The van der Waals surface area contributed by atoms with Crippen molar-refractivity contribution in [3.05, 3.63) is 22.0 Å².